The number of alkyl halides is 3. The lowest BCUT2D eigenvalue weighted by Crippen LogP contribution is -2.31. The fraction of sp³-hybridized carbons (Fsp3) is 0.692. The molecule has 2 unspecified atom stereocenters. The second-order valence-electron chi connectivity index (χ2n) is 5.86. The van der Waals surface area contributed by atoms with Gasteiger partial charge in [-0.1, -0.05) is 13.8 Å². The van der Waals surface area contributed by atoms with Gasteiger partial charge in [-0.2, -0.15) is 18.2 Å². The summed E-state index contributed by atoms with van der Waals surface area (Å²) in [4.78, 5) is 7.29. The van der Waals surface area contributed by atoms with Crippen LogP contribution in [0.1, 0.15) is 38.8 Å². The highest BCUT2D eigenvalue weighted by Crippen LogP contribution is 2.32. The van der Waals surface area contributed by atoms with Gasteiger partial charge in [0.1, 0.15) is 5.82 Å². The maximum atomic E-state index is 12.8. The van der Waals surface area contributed by atoms with Crippen molar-refractivity contribution in [1.29, 1.82) is 0 Å². The van der Waals surface area contributed by atoms with Crippen LogP contribution in [0.15, 0.2) is 6.07 Å². The van der Waals surface area contributed by atoms with Gasteiger partial charge in [0.2, 0.25) is 5.95 Å². The molecule has 0 amide bonds. The van der Waals surface area contributed by atoms with Crippen LogP contribution in [-0.2, 0) is 6.18 Å². The van der Waals surface area contributed by atoms with Crippen molar-refractivity contribution in [3.8, 4) is 0 Å². The summed E-state index contributed by atoms with van der Waals surface area (Å²) in [6.45, 7) is 4.30. The molecule has 1 aliphatic rings. The van der Waals surface area contributed by atoms with E-state index in [9.17, 15) is 13.2 Å². The summed E-state index contributed by atoms with van der Waals surface area (Å²) in [6.07, 6.45) is -1.55. The van der Waals surface area contributed by atoms with Crippen molar-refractivity contribution in [3.63, 3.8) is 0 Å². The molecule has 21 heavy (non-hydrogen) atoms. The van der Waals surface area contributed by atoms with Crippen molar-refractivity contribution in [2.24, 2.45) is 17.7 Å². The number of halogens is 3. The van der Waals surface area contributed by atoms with E-state index < -0.39 is 11.9 Å². The van der Waals surface area contributed by atoms with Crippen LogP contribution in [0.5, 0.6) is 0 Å². The van der Waals surface area contributed by atoms with Gasteiger partial charge in [-0.15, -0.1) is 0 Å². The Morgan fingerprint density at radius 2 is 1.76 bits per heavy atom. The first-order valence-electron chi connectivity index (χ1n) is 6.97. The first-order valence-corrected chi connectivity index (χ1v) is 6.97. The number of nitrogens with two attached hydrogens (primary N) is 1. The molecule has 1 heterocycles. The van der Waals surface area contributed by atoms with Crippen molar-refractivity contribution in [3.05, 3.63) is 11.8 Å². The number of hydrogen-bond donors (Lipinski definition) is 3. The number of nitrogens with one attached hydrogen (secondary N) is 2. The van der Waals surface area contributed by atoms with E-state index in [4.69, 9.17) is 5.84 Å². The summed E-state index contributed by atoms with van der Waals surface area (Å²) in [5.74, 6) is 6.13. The second kappa shape index (κ2) is 6.05. The fourth-order valence-electron chi connectivity index (χ4n) is 3.00. The molecule has 1 aromatic heterocycles. The predicted molar refractivity (Wildman–Crippen MR) is 74.4 cm³/mol. The third-order valence-corrected chi connectivity index (χ3v) is 3.68. The molecule has 0 aromatic carbocycles. The lowest BCUT2D eigenvalue weighted by atomic mass is 9.80. The van der Waals surface area contributed by atoms with Gasteiger partial charge in [-0.3, -0.25) is 5.43 Å². The molecule has 0 radical (unpaired) electrons. The summed E-state index contributed by atoms with van der Waals surface area (Å²) in [5.41, 5.74) is 1.06. The molecule has 118 valence electrons. The molecular weight excluding hydrogens is 283 g/mol. The van der Waals surface area contributed by atoms with Gasteiger partial charge in [0.15, 0.2) is 5.69 Å². The minimum Gasteiger partial charge on any atom is -0.367 e. The number of hydrogen-bond acceptors (Lipinski definition) is 5. The molecule has 1 aliphatic carbocycles. The maximum Gasteiger partial charge on any atom is 0.433 e. The van der Waals surface area contributed by atoms with Crippen molar-refractivity contribution < 1.29 is 13.2 Å². The minimum absolute atomic E-state index is 0.116. The summed E-state index contributed by atoms with van der Waals surface area (Å²) in [7, 11) is 0. The van der Waals surface area contributed by atoms with Gasteiger partial charge < -0.3 is 5.32 Å². The standard InChI is InChI=1S/C13H20F3N5/c1-7-3-8(2)5-9(4-7)18-11-6-10(13(14,15)16)19-12(20-11)21-17/h6-9H,3-5,17H2,1-2H3,(H2,18,19,20,21). The molecule has 1 fully saturated rings. The minimum atomic E-state index is -4.53. The zero-order chi connectivity index (χ0) is 15.6. The monoisotopic (exact) mass is 303 g/mol. The molecule has 8 heteroatoms. The SMILES string of the molecule is CC1CC(C)CC(Nc2cc(C(F)(F)F)nc(NN)n2)C1. The van der Waals surface area contributed by atoms with Crippen LogP contribution in [0.4, 0.5) is 24.9 Å². The number of aromatic nitrogens is 2. The van der Waals surface area contributed by atoms with Crippen LogP contribution in [0.3, 0.4) is 0 Å². The molecule has 5 nitrogen and oxygen atoms in total. The third-order valence-electron chi connectivity index (χ3n) is 3.68. The molecule has 1 saturated carbocycles. The van der Waals surface area contributed by atoms with Gasteiger partial charge in [0.25, 0.3) is 0 Å². The van der Waals surface area contributed by atoms with E-state index in [-0.39, 0.29) is 17.8 Å². The largest absolute Gasteiger partial charge is 0.433 e. The highest BCUT2D eigenvalue weighted by molar-refractivity contribution is 5.43. The van der Waals surface area contributed by atoms with Crippen LogP contribution in [-0.4, -0.2) is 16.0 Å². The van der Waals surface area contributed by atoms with E-state index in [1.165, 1.54) is 0 Å². The van der Waals surface area contributed by atoms with Crippen molar-refractivity contribution >= 4 is 11.8 Å². The van der Waals surface area contributed by atoms with E-state index >= 15 is 0 Å². The van der Waals surface area contributed by atoms with Crippen LogP contribution in [0.25, 0.3) is 0 Å². The number of nitrogens with zero attached hydrogens (tertiary/aromatic N) is 2. The van der Waals surface area contributed by atoms with Crippen LogP contribution in [0, 0.1) is 11.8 Å². The number of anilines is 2. The first-order chi connectivity index (χ1) is 9.77. The number of rotatable bonds is 3. The number of hydrazine groups is 1. The van der Waals surface area contributed by atoms with Crippen molar-refractivity contribution in [1.82, 2.24) is 9.97 Å². The normalized spacial score (nSPS) is 26.5. The average molecular weight is 303 g/mol. The quantitative estimate of drug-likeness (QED) is 0.591. The molecule has 0 spiro atoms. The summed E-state index contributed by atoms with van der Waals surface area (Å²) in [5, 5.41) is 3.08. The second-order valence-corrected chi connectivity index (χ2v) is 5.86. The molecule has 4 N–H and O–H groups in total. The van der Waals surface area contributed by atoms with Crippen molar-refractivity contribution in [2.75, 3.05) is 10.7 Å². The smallest absolute Gasteiger partial charge is 0.367 e. The highest BCUT2D eigenvalue weighted by atomic mass is 19.4. The highest BCUT2D eigenvalue weighted by Gasteiger charge is 2.34. The molecule has 2 atom stereocenters. The molecule has 0 bridgehead atoms. The van der Waals surface area contributed by atoms with Crippen LogP contribution >= 0.6 is 0 Å². The molecule has 1 aromatic rings. The van der Waals surface area contributed by atoms with E-state index in [1.54, 1.807) is 0 Å². The van der Waals surface area contributed by atoms with E-state index in [0.717, 1.165) is 25.3 Å². The average Bonchev–Trinajstić information content (AvgIpc) is 2.36. The molecule has 0 saturated heterocycles. The lowest BCUT2D eigenvalue weighted by molar-refractivity contribution is -0.141. The Kier molecular flexibility index (Phi) is 4.55. The summed E-state index contributed by atoms with van der Waals surface area (Å²) >= 11 is 0. The van der Waals surface area contributed by atoms with Gasteiger partial charge >= 0.3 is 6.18 Å². The summed E-state index contributed by atoms with van der Waals surface area (Å²) in [6, 6.07) is 1.04. The molecule has 0 aliphatic heterocycles. The van der Waals surface area contributed by atoms with E-state index in [1.807, 2.05) is 0 Å². The van der Waals surface area contributed by atoms with Crippen LogP contribution in [0.2, 0.25) is 0 Å². The van der Waals surface area contributed by atoms with Gasteiger partial charge in [0.05, 0.1) is 0 Å². The Bertz CT molecular complexity index is 481. The van der Waals surface area contributed by atoms with E-state index in [2.05, 4.69) is 34.6 Å². The van der Waals surface area contributed by atoms with Crippen LogP contribution < -0.4 is 16.6 Å². The Morgan fingerprint density at radius 3 is 2.29 bits per heavy atom. The van der Waals surface area contributed by atoms with E-state index in [0.29, 0.717) is 11.8 Å². The van der Waals surface area contributed by atoms with Gasteiger partial charge in [-0.25, -0.2) is 10.8 Å². The Hall–Kier alpha value is -1.57. The Labute approximate surface area is 121 Å². The zero-order valence-electron chi connectivity index (χ0n) is 12.0. The topological polar surface area (TPSA) is 75.9 Å². The zero-order valence-corrected chi connectivity index (χ0v) is 12.0. The fourth-order valence-corrected chi connectivity index (χ4v) is 3.00. The maximum absolute atomic E-state index is 12.8. The van der Waals surface area contributed by atoms with Crippen molar-refractivity contribution in [2.45, 2.75) is 45.3 Å². The Morgan fingerprint density at radius 1 is 1.14 bits per heavy atom. The van der Waals surface area contributed by atoms with Gasteiger partial charge in [-0.05, 0) is 31.1 Å². The predicted octanol–water partition coefficient (Wildman–Crippen LogP) is 3.02. The van der Waals surface area contributed by atoms with Gasteiger partial charge in [0, 0.05) is 12.1 Å². The first kappa shape index (κ1) is 15.8. The molecule has 2 rings (SSSR count). The lowest BCUT2D eigenvalue weighted by Gasteiger charge is -2.32. The number of nitrogen functional groups attached to an aromatic ring is 1. The molecular formula is C13H20F3N5. The Balaban J connectivity index is 2.19. The summed E-state index contributed by atoms with van der Waals surface area (Å²) < 4.78 is 38.4. The third kappa shape index (κ3) is 4.20.